The minimum absolute atomic E-state index is 0.558. The van der Waals surface area contributed by atoms with Crippen LogP contribution in [0.5, 0.6) is 0 Å². The Bertz CT molecular complexity index is 423. The van der Waals surface area contributed by atoms with Crippen molar-refractivity contribution in [3.05, 3.63) is 11.2 Å². The highest BCUT2D eigenvalue weighted by Crippen LogP contribution is 2.27. The highest BCUT2D eigenvalue weighted by molar-refractivity contribution is 6.32. The van der Waals surface area contributed by atoms with Crippen molar-refractivity contribution in [2.75, 3.05) is 43.9 Å². The lowest BCUT2D eigenvalue weighted by Crippen LogP contribution is -2.45. The van der Waals surface area contributed by atoms with Gasteiger partial charge in [0, 0.05) is 25.7 Å². The van der Waals surface area contributed by atoms with E-state index >= 15 is 0 Å². The molecular formula is C13H22ClN5. The van der Waals surface area contributed by atoms with Crippen LogP contribution < -0.4 is 10.2 Å². The van der Waals surface area contributed by atoms with Crippen LogP contribution in [-0.2, 0) is 0 Å². The molecule has 1 aromatic heterocycles. The van der Waals surface area contributed by atoms with Crippen molar-refractivity contribution in [3.8, 4) is 0 Å². The number of aromatic nitrogens is 2. The number of nitrogens with one attached hydrogen (secondary N) is 1. The summed E-state index contributed by atoms with van der Waals surface area (Å²) in [6.45, 7) is 4.81. The lowest BCUT2D eigenvalue weighted by atomic mass is 10.1. The van der Waals surface area contributed by atoms with E-state index in [0.29, 0.717) is 17.0 Å². The van der Waals surface area contributed by atoms with Gasteiger partial charge in [-0.25, -0.2) is 4.98 Å². The van der Waals surface area contributed by atoms with Gasteiger partial charge in [0.05, 0.1) is 6.20 Å². The molecule has 19 heavy (non-hydrogen) atoms. The van der Waals surface area contributed by atoms with E-state index in [-0.39, 0.29) is 0 Å². The third kappa shape index (κ3) is 3.48. The van der Waals surface area contributed by atoms with Gasteiger partial charge in [0.1, 0.15) is 5.02 Å². The van der Waals surface area contributed by atoms with Crippen molar-refractivity contribution in [3.63, 3.8) is 0 Å². The zero-order valence-electron chi connectivity index (χ0n) is 11.9. The van der Waals surface area contributed by atoms with E-state index in [1.807, 2.05) is 6.92 Å². The van der Waals surface area contributed by atoms with Crippen molar-refractivity contribution < 1.29 is 0 Å². The second-order valence-corrected chi connectivity index (χ2v) is 5.51. The molecule has 2 rings (SSSR count). The summed E-state index contributed by atoms with van der Waals surface area (Å²) in [4.78, 5) is 13.3. The van der Waals surface area contributed by atoms with Crippen LogP contribution in [0, 0.1) is 0 Å². The molecule has 1 saturated heterocycles. The van der Waals surface area contributed by atoms with Gasteiger partial charge in [-0.15, -0.1) is 0 Å². The van der Waals surface area contributed by atoms with Crippen molar-refractivity contribution in [2.45, 2.75) is 25.8 Å². The third-order valence-electron chi connectivity index (χ3n) is 3.49. The Morgan fingerprint density at radius 2 is 2.32 bits per heavy atom. The Hall–Kier alpha value is -1.07. The molecule has 1 aromatic rings. The van der Waals surface area contributed by atoms with Gasteiger partial charge in [-0.3, -0.25) is 0 Å². The molecule has 1 fully saturated rings. The van der Waals surface area contributed by atoms with Gasteiger partial charge in [-0.05, 0) is 33.9 Å². The average molecular weight is 284 g/mol. The molecule has 0 aromatic carbocycles. The maximum Gasteiger partial charge on any atom is 0.224 e. The number of rotatable bonds is 4. The SMILES string of the molecule is CCNc1ncc(Cl)c(N2CCCC(N(C)C)C2)n1. The number of anilines is 2. The zero-order valence-corrected chi connectivity index (χ0v) is 12.6. The molecule has 6 heteroatoms. The molecule has 5 nitrogen and oxygen atoms in total. The van der Waals surface area contributed by atoms with Crippen molar-refractivity contribution >= 4 is 23.4 Å². The lowest BCUT2D eigenvalue weighted by Gasteiger charge is -2.37. The largest absolute Gasteiger partial charge is 0.354 e. The standard InChI is InChI=1S/C13H22ClN5/c1-4-15-13-16-8-11(14)12(17-13)19-7-5-6-10(9-19)18(2)3/h8,10H,4-7,9H2,1-3H3,(H,15,16,17). The number of hydrogen-bond donors (Lipinski definition) is 1. The predicted octanol–water partition coefficient (Wildman–Crippen LogP) is 2.09. The Morgan fingerprint density at radius 3 is 3.00 bits per heavy atom. The zero-order chi connectivity index (χ0) is 13.8. The summed E-state index contributed by atoms with van der Waals surface area (Å²) in [5.41, 5.74) is 0. The molecule has 0 aliphatic carbocycles. The number of piperidine rings is 1. The number of likely N-dealkylation sites (N-methyl/N-ethyl adjacent to an activating group) is 1. The summed E-state index contributed by atoms with van der Waals surface area (Å²) in [6.07, 6.45) is 4.08. The second kappa shape index (κ2) is 6.39. The molecule has 1 unspecified atom stereocenters. The first-order valence-electron chi connectivity index (χ1n) is 6.79. The van der Waals surface area contributed by atoms with E-state index in [1.165, 1.54) is 12.8 Å². The maximum absolute atomic E-state index is 6.25. The molecule has 0 amide bonds. The van der Waals surface area contributed by atoms with Gasteiger partial charge in [0.15, 0.2) is 5.82 Å². The molecule has 0 radical (unpaired) electrons. The summed E-state index contributed by atoms with van der Waals surface area (Å²) < 4.78 is 0. The van der Waals surface area contributed by atoms with Crippen LogP contribution in [0.4, 0.5) is 11.8 Å². The van der Waals surface area contributed by atoms with E-state index < -0.39 is 0 Å². The molecule has 1 N–H and O–H groups in total. The average Bonchev–Trinajstić information content (AvgIpc) is 2.41. The molecule has 1 atom stereocenters. The fourth-order valence-electron chi connectivity index (χ4n) is 2.39. The van der Waals surface area contributed by atoms with E-state index in [2.05, 4.69) is 39.2 Å². The third-order valence-corrected chi connectivity index (χ3v) is 3.75. The van der Waals surface area contributed by atoms with Crippen molar-refractivity contribution in [1.82, 2.24) is 14.9 Å². The Labute approximate surface area is 120 Å². The van der Waals surface area contributed by atoms with Crippen LogP contribution in [0.15, 0.2) is 6.20 Å². The van der Waals surface area contributed by atoms with E-state index in [4.69, 9.17) is 11.6 Å². The van der Waals surface area contributed by atoms with Crippen LogP contribution in [0.25, 0.3) is 0 Å². The van der Waals surface area contributed by atoms with Gasteiger partial charge in [0.2, 0.25) is 5.95 Å². The fraction of sp³-hybridized carbons (Fsp3) is 0.692. The summed E-state index contributed by atoms with van der Waals surface area (Å²) in [7, 11) is 4.25. The molecule has 0 bridgehead atoms. The minimum atomic E-state index is 0.558. The van der Waals surface area contributed by atoms with E-state index in [0.717, 1.165) is 25.5 Å². The first-order valence-corrected chi connectivity index (χ1v) is 7.17. The van der Waals surface area contributed by atoms with Gasteiger partial charge in [0.25, 0.3) is 0 Å². The van der Waals surface area contributed by atoms with Gasteiger partial charge in [-0.1, -0.05) is 11.6 Å². The normalized spacial score (nSPS) is 19.8. The van der Waals surface area contributed by atoms with Gasteiger partial charge in [-0.2, -0.15) is 4.98 Å². The first kappa shape index (κ1) is 14.3. The maximum atomic E-state index is 6.25. The summed E-state index contributed by atoms with van der Waals surface area (Å²) in [6, 6.07) is 0.558. The number of nitrogens with zero attached hydrogens (tertiary/aromatic N) is 4. The molecular weight excluding hydrogens is 262 g/mol. The molecule has 2 heterocycles. The van der Waals surface area contributed by atoms with E-state index in [9.17, 15) is 0 Å². The smallest absolute Gasteiger partial charge is 0.224 e. The highest BCUT2D eigenvalue weighted by atomic mass is 35.5. The van der Waals surface area contributed by atoms with Crippen LogP contribution >= 0.6 is 11.6 Å². The Kier molecular flexibility index (Phi) is 4.82. The van der Waals surface area contributed by atoms with Crippen LogP contribution in [-0.4, -0.2) is 54.6 Å². The van der Waals surface area contributed by atoms with Gasteiger partial charge < -0.3 is 15.1 Å². The van der Waals surface area contributed by atoms with Crippen molar-refractivity contribution in [2.24, 2.45) is 0 Å². The molecule has 1 aliphatic rings. The highest BCUT2D eigenvalue weighted by Gasteiger charge is 2.24. The topological polar surface area (TPSA) is 44.3 Å². The summed E-state index contributed by atoms with van der Waals surface area (Å²) in [5, 5.41) is 3.76. The quantitative estimate of drug-likeness (QED) is 0.917. The van der Waals surface area contributed by atoms with Gasteiger partial charge >= 0.3 is 0 Å². The Balaban J connectivity index is 2.17. The van der Waals surface area contributed by atoms with Crippen LogP contribution in [0.1, 0.15) is 19.8 Å². The first-order chi connectivity index (χ1) is 9.11. The van der Waals surface area contributed by atoms with E-state index in [1.54, 1.807) is 6.20 Å². The number of halogens is 1. The summed E-state index contributed by atoms with van der Waals surface area (Å²) in [5.74, 6) is 1.49. The summed E-state index contributed by atoms with van der Waals surface area (Å²) >= 11 is 6.25. The van der Waals surface area contributed by atoms with Crippen LogP contribution in [0.3, 0.4) is 0 Å². The molecule has 0 spiro atoms. The van der Waals surface area contributed by atoms with Crippen molar-refractivity contribution in [1.29, 1.82) is 0 Å². The molecule has 1 aliphatic heterocycles. The fourth-order valence-corrected chi connectivity index (χ4v) is 2.60. The second-order valence-electron chi connectivity index (χ2n) is 5.10. The lowest BCUT2D eigenvalue weighted by molar-refractivity contribution is 0.257. The predicted molar refractivity (Wildman–Crippen MR) is 80.1 cm³/mol. The number of hydrogen-bond acceptors (Lipinski definition) is 5. The monoisotopic (exact) mass is 283 g/mol. The Morgan fingerprint density at radius 1 is 1.53 bits per heavy atom. The minimum Gasteiger partial charge on any atom is -0.354 e. The van der Waals surface area contributed by atoms with Crippen LogP contribution in [0.2, 0.25) is 5.02 Å². The molecule has 0 saturated carbocycles. The molecule has 106 valence electrons.